The second kappa shape index (κ2) is 4.55. The zero-order chi connectivity index (χ0) is 10.7. The quantitative estimate of drug-likeness (QED) is 0.782. The summed E-state index contributed by atoms with van der Waals surface area (Å²) in [5, 5.41) is 0. The molecule has 1 atom stereocenters. The van der Waals surface area contributed by atoms with E-state index >= 15 is 0 Å². The minimum Gasteiger partial charge on any atom is -0.322 e. The van der Waals surface area contributed by atoms with E-state index in [2.05, 4.69) is 25.8 Å². The van der Waals surface area contributed by atoms with E-state index in [9.17, 15) is 4.79 Å². The van der Waals surface area contributed by atoms with Crippen molar-refractivity contribution < 1.29 is 0 Å². The lowest BCUT2D eigenvalue weighted by atomic mass is 10.0. The van der Waals surface area contributed by atoms with Crippen LogP contribution in [0.25, 0.3) is 0 Å². The number of nitrogens with one attached hydrogen (secondary N) is 1. The first kappa shape index (κ1) is 11.2. The first-order chi connectivity index (χ1) is 6.56. The van der Waals surface area contributed by atoms with Gasteiger partial charge in [-0.3, -0.25) is 9.78 Å². The third-order valence-corrected chi connectivity index (χ3v) is 2.71. The van der Waals surface area contributed by atoms with Gasteiger partial charge in [-0.1, -0.05) is 20.8 Å². The molecule has 1 aromatic heterocycles. The standard InChI is InChI=1S/C10H16N2OS/c1-4-8(7(2)3)12-6-5-9(13)11-10(12)14/h5-8H,4H2,1-3H3,(H,11,13,14). The van der Waals surface area contributed by atoms with E-state index in [4.69, 9.17) is 12.2 Å². The maximum atomic E-state index is 11.0. The van der Waals surface area contributed by atoms with Crippen molar-refractivity contribution in [3.05, 3.63) is 27.4 Å². The van der Waals surface area contributed by atoms with Crippen LogP contribution in [0.15, 0.2) is 17.1 Å². The smallest absolute Gasteiger partial charge is 0.251 e. The molecular weight excluding hydrogens is 196 g/mol. The van der Waals surface area contributed by atoms with Gasteiger partial charge in [0, 0.05) is 18.3 Å². The van der Waals surface area contributed by atoms with Crippen molar-refractivity contribution in [1.29, 1.82) is 0 Å². The molecule has 0 aliphatic heterocycles. The molecule has 78 valence electrons. The van der Waals surface area contributed by atoms with Crippen molar-refractivity contribution in [3.8, 4) is 0 Å². The van der Waals surface area contributed by atoms with Crippen molar-refractivity contribution in [3.63, 3.8) is 0 Å². The largest absolute Gasteiger partial charge is 0.322 e. The van der Waals surface area contributed by atoms with E-state index < -0.39 is 0 Å². The highest BCUT2D eigenvalue weighted by atomic mass is 32.1. The molecule has 0 fully saturated rings. The maximum Gasteiger partial charge on any atom is 0.251 e. The summed E-state index contributed by atoms with van der Waals surface area (Å²) in [5.74, 6) is 0.512. The van der Waals surface area contributed by atoms with Crippen LogP contribution >= 0.6 is 12.2 Å². The SMILES string of the molecule is CCC(C(C)C)n1ccc(=O)[nH]c1=S. The molecule has 1 unspecified atom stereocenters. The number of aromatic amines is 1. The average Bonchev–Trinajstić information content (AvgIpc) is 2.09. The predicted molar refractivity (Wildman–Crippen MR) is 60.1 cm³/mol. The average molecular weight is 212 g/mol. The van der Waals surface area contributed by atoms with Gasteiger partial charge in [0.1, 0.15) is 0 Å². The van der Waals surface area contributed by atoms with E-state index in [1.165, 1.54) is 6.07 Å². The van der Waals surface area contributed by atoms with Crippen LogP contribution in [0.3, 0.4) is 0 Å². The molecule has 1 rings (SSSR count). The minimum atomic E-state index is -0.134. The van der Waals surface area contributed by atoms with Gasteiger partial charge in [-0.05, 0) is 24.6 Å². The van der Waals surface area contributed by atoms with E-state index in [0.29, 0.717) is 16.7 Å². The number of rotatable bonds is 3. The van der Waals surface area contributed by atoms with Crippen molar-refractivity contribution in [2.75, 3.05) is 0 Å². The molecule has 1 N–H and O–H groups in total. The van der Waals surface area contributed by atoms with Crippen molar-refractivity contribution in [2.24, 2.45) is 5.92 Å². The van der Waals surface area contributed by atoms with Crippen LogP contribution in [-0.4, -0.2) is 9.55 Å². The van der Waals surface area contributed by atoms with Gasteiger partial charge in [-0.15, -0.1) is 0 Å². The van der Waals surface area contributed by atoms with Gasteiger partial charge in [0.25, 0.3) is 5.56 Å². The molecule has 14 heavy (non-hydrogen) atoms. The summed E-state index contributed by atoms with van der Waals surface area (Å²) in [7, 11) is 0. The Morgan fingerprint density at radius 3 is 2.64 bits per heavy atom. The van der Waals surface area contributed by atoms with Gasteiger partial charge in [0.15, 0.2) is 4.77 Å². The molecule has 0 radical (unpaired) electrons. The van der Waals surface area contributed by atoms with Crippen molar-refractivity contribution in [2.45, 2.75) is 33.2 Å². The maximum absolute atomic E-state index is 11.0. The van der Waals surface area contributed by atoms with Crippen LogP contribution in [0.5, 0.6) is 0 Å². The van der Waals surface area contributed by atoms with Gasteiger partial charge >= 0.3 is 0 Å². The molecule has 0 aliphatic carbocycles. The Hall–Kier alpha value is -0.900. The molecule has 0 saturated heterocycles. The van der Waals surface area contributed by atoms with Gasteiger partial charge < -0.3 is 4.57 Å². The Labute approximate surface area is 88.8 Å². The molecule has 0 saturated carbocycles. The van der Waals surface area contributed by atoms with Crippen LogP contribution in [0, 0.1) is 10.7 Å². The molecule has 0 bridgehead atoms. The van der Waals surface area contributed by atoms with E-state index in [1.807, 2.05) is 4.57 Å². The zero-order valence-corrected chi connectivity index (χ0v) is 9.60. The minimum absolute atomic E-state index is 0.134. The number of aromatic nitrogens is 2. The second-order valence-electron chi connectivity index (χ2n) is 3.74. The summed E-state index contributed by atoms with van der Waals surface area (Å²) < 4.78 is 2.47. The summed E-state index contributed by atoms with van der Waals surface area (Å²) in [4.78, 5) is 13.6. The predicted octanol–water partition coefficient (Wildman–Crippen LogP) is 2.51. The highest BCUT2D eigenvalue weighted by molar-refractivity contribution is 7.71. The Kier molecular flexibility index (Phi) is 3.63. The van der Waals surface area contributed by atoms with Crippen LogP contribution in [0.4, 0.5) is 0 Å². The lowest BCUT2D eigenvalue weighted by Gasteiger charge is -2.22. The van der Waals surface area contributed by atoms with Gasteiger partial charge in [0.05, 0.1) is 0 Å². The normalized spacial score (nSPS) is 13.1. The first-order valence-electron chi connectivity index (χ1n) is 4.87. The monoisotopic (exact) mass is 212 g/mol. The van der Waals surface area contributed by atoms with Gasteiger partial charge in [-0.2, -0.15) is 0 Å². The van der Waals surface area contributed by atoms with E-state index in [0.717, 1.165) is 6.42 Å². The fourth-order valence-corrected chi connectivity index (χ4v) is 1.97. The van der Waals surface area contributed by atoms with E-state index in [1.54, 1.807) is 6.20 Å². The zero-order valence-electron chi connectivity index (χ0n) is 8.78. The van der Waals surface area contributed by atoms with Gasteiger partial charge in [0.2, 0.25) is 0 Å². The molecule has 0 amide bonds. The Bertz CT molecular complexity index is 405. The molecule has 1 aromatic rings. The highest BCUT2D eigenvalue weighted by Crippen LogP contribution is 2.20. The van der Waals surface area contributed by atoms with Gasteiger partial charge in [-0.25, -0.2) is 0 Å². The Balaban J connectivity index is 3.18. The first-order valence-corrected chi connectivity index (χ1v) is 5.28. The summed E-state index contributed by atoms with van der Waals surface area (Å²) >= 11 is 5.11. The summed E-state index contributed by atoms with van der Waals surface area (Å²) in [6.07, 6.45) is 2.79. The topological polar surface area (TPSA) is 37.8 Å². The lowest BCUT2D eigenvalue weighted by Crippen LogP contribution is -2.19. The van der Waals surface area contributed by atoms with Crippen LogP contribution in [0.1, 0.15) is 33.2 Å². The molecule has 0 aliphatic rings. The summed E-state index contributed by atoms with van der Waals surface area (Å²) in [6.45, 7) is 6.43. The van der Waals surface area contributed by atoms with Crippen LogP contribution in [0.2, 0.25) is 0 Å². The molecule has 1 heterocycles. The number of H-pyrrole nitrogens is 1. The number of hydrogen-bond acceptors (Lipinski definition) is 2. The Morgan fingerprint density at radius 2 is 2.21 bits per heavy atom. The molecular formula is C10H16N2OS. The van der Waals surface area contributed by atoms with E-state index in [-0.39, 0.29) is 5.56 Å². The second-order valence-corrected chi connectivity index (χ2v) is 4.12. The third-order valence-electron chi connectivity index (χ3n) is 2.40. The molecule has 3 nitrogen and oxygen atoms in total. The number of hydrogen-bond donors (Lipinski definition) is 1. The number of nitrogens with zero attached hydrogens (tertiary/aromatic N) is 1. The fourth-order valence-electron chi connectivity index (χ4n) is 1.68. The molecule has 0 aromatic carbocycles. The fraction of sp³-hybridized carbons (Fsp3) is 0.600. The summed E-state index contributed by atoms with van der Waals surface area (Å²) in [5.41, 5.74) is -0.134. The van der Waals surface area contributed by atoms with Crippen LogP contribution in [-0.2, 0) is 0 Å². The highest BCUT2D eigenvalue weighted by Gasteiger charge is 2.12. The third kappa shape index (κ3) is 2.32. The lowest BCUT2D eigenvalue weighted by molar-refractivity contribution is 0.357. The summed E-state index contributed by atoms with van der Waals surface area (Å²) in [6, 6.07) is 1.88. The van der Waals surface area contributed by atoms with Crippen molar-refractivity contribution in [1.82, 2.24) is 9.55 Å². The van der Waals surface area contributed by atoms with Crippen molar-refractivity contribution >= 4 is 12.2 Å². The van der Waals surface area contributed by atoms with Crippen LogP contribution < -0.4 is 5.56 Å². The Morgan fingerprint density at radius 1 is 1.57 bits per heavy atom. The molecule has 4 heteroatoms. The molecule has 0 spiro atoms.